The fourth-order valence-corrected chi connectivity index (χ4v) is 4.13. The zero-order valence-electron chi connectivity index (χ0n) is 16.4. The van der Waals surface area contributed by atoms with Crippen LogP contribution in [-0.2, 0) is 4.79 Å². The highest BCUT2D eigenvalue weighted by molar-refractivity contribution is 6.03. The number of amides is 3. The summed E-state index contributed by atoms with van der Waals surface area (Å²) in [6.07, 6.45) is 6.47. The van der Waals surface area contributed by atoms with E-state index in [1.165, 1.54) is 6.42 Å². The Hall–Kier alpha value is -2.57. The van der Waals surface area contributed by atoms with E-state index in [1.807, 2.05) is 11.9 Å². The van der Waals surface area contributed by atoms with E-state index in [9.17, 15) is 14.4 Å². The predicted molar refractivity (Wildman–Crippen MR) is 106 cm³/mol. The third-order valence-corrected chi connectivity index (χ3v) is 5.97. The Morgan fingerprint density at radius 2 is 1.68 bits per heavy atom. The minimum Gasteiger partial charge on any atom is -0.481 e. The molecular weight excluding hydrogens is 358 g/mol. The molecule has 1 saturated carbocycles. The van der Waals surface area contributed by atoms with Crippen molar-refractivity contribution < 1.29 is 19.5 Å². The van der Waals surface area contributed by atoms with Crippen molar-refractivity contribution in [1.82, 2.24) is 9.80 Å². The smallest absolute Gasteiger partial charge is 0.321 e. The molecule has 1 heterocycles. The summed E-state index contributed by atoms with van der Waals surface area (Å²) < 4.78 is 0. The highest BCUT2D eigenvalue weighted by atomic mass is 16.4. The van der Waals surface area contributed by atoms with Crippen LogP contribution >= 0.6 is 0 Å². The second kappa shape index (κ2) is 9.08. The van der Waals surface area contributed by atoms with Crippen molar-refractivity contribution in [2.45, 2.75) is 51.0 Å². The number of rotatable bonds is 4. The van der Waals surface area contributed by atoms with Crippen LogP contribution in [0.4, 0.5) is 10.5 Å². The number of urea groups is 1. The molecule has 2 aliphatic rings. The summed E-state index contributed by atoms with van der Waals surface area (Å²) in [7, 11) is 1.84. The third kappa shape index (κ3) is 4.64. The normalized spacial score (nSPS) is 18.5. The van der Waals surface area contributed by atoms with Gasteiger partial charge in [0.25, 0.3) is 5.91 Å². The monoisotopic (exact) mass is 387 g/mol. The van der Waals surface area contributed by atoms with Crippen LogP contribution in [0.5, 0.6) is 0 Å². The van der Waals surface area contributed by atoms with Gasteiger partial charge >= 0.3 is 12.0 Å². The van der Waals surface area contributed by atoms with Gasteiger partial charge in [-0.2, -0.15) is 0 Å². The molecule has 1 aromatic rings. The molecule has 28 heavy (non-hydrogen) atoms. The fraction of sp³-hybridized carbons (Fsp3) is 0.571. The number of likely N-dealkylation sites (tertiary alicyclic amines) is 1. The largest absolute Gasteiger partial charge is 0.481 e. The van der Waals surface area contributed by atoms with Gasteiger partial charge < -0.3 is 20.2 Å². The number of benzene rings is 1. The summed E-state index contributed by atoms with van der Waals surface area (Å²) in [6, 6.07) is 7.04. The first-order valence-electron chi connectivity index (χ1n) is 10.1. The predicted octanol–water partition coefficient (Wildman–Crippen LogP) is 3.42. The van der Waals surface area contributed by atoms with Crippen molar-refractivity contribution in [2.75, 3.05) is 25.5 Å². The number of piperidine rings is 1. The Morgan fingerprint density at radius 3 is 2.32 bits per heavy atom. The van der Waals surface area contributed by atoms with Gasteiger partial charge in [-0.1, -0.05) is 31.4 Å². The Labute approximate surface area is 165 Å². The van der Waals surface area contributed by atoms with Crippen LogP contribution in [0.2, 0.25) is 0 Å². The van der Waals surface area contributed by atoms with Gasteiger partial charge in [0.2, 0.25) is 0 Å². The van der Waals surface area contributed by atoms with E-state index in [1.54, 1.807) is 29.2 Å². The topological polar surface area (TPSA) is 90.0 Å². The Balaban J connectivity index is 1.66. The summed E-state index contributed by atoms with van der Waals surface area (Å²) >= 11 is 0. The molecule has 3 rings (SSSR count). The maximum atomic E-state index is 13.0. The zero-order chi connectivity index (χ0) is 20.1. The molecule has 0 bridgehead atoms. The molecule has 1 saturated heterocycles. The molecule has 1 aliphatic heterocycles. The lowest BCUT2D eigenvalue weighted by Crippen LogP contribution is -2.43. The van der Waals surface area contributed by atoms with Crippen LogP contribution in [-0.4, -0.2) is 59.0 Å². The van der Waals surface area contributed by atoms with Gasteiger partial charge in [-0.05, 0) is 37.8 Å². The van der Waals surface area contributed by atoms with Crippen LogP contribution in [0.3, 0.4) is 0 Å². The maximum absolute atomic E-state index is 13.0. The average Bonchev–Trinajstić information content (AvgIpc) is 2.73. The standard InChI is InChI=1S/C21H29N3O4/c1-23(16-7-3-2-4-8-16)19(25)17-9-5-6-10-18(17)22-21(28)24-13-11-15(12-14-24)20(26)27/h5-6,9-10,15-16H,2-4,7-8,11-14H2,1H3,(H,22,28)(H,26,27). The molecule has 0 aromatic heterocycles. The first-order chi connectivity index (χ1) is 13.5. The Kier molecular flexibility index (Phi) is 6.54. The molecular formula is C21H29N3O4. The van der Waals surface area contributed by atoms with E-state index in [0.717, 1.165) is 25.7 Å². The number of carboxylic acid groups (broad SMARTS) is 1. The molecule has 1 aliphatic carbocycles. The fourth-order valence-electron chi connectivity index (χ4n) is 4.13. The van der Waals surface area contributed by atoms with E-state index in [4.69, 9.17) is 5.11 Å². The van der Waals surface area contributed by atoms with Crippen LogP contribution in [0.15, 0.2) is 24.3 Å². The van der Waals surface area contributed by atoms with Crippen LogP contribution in [0.1, 0.15) is 55.3 Å². The molecule has 0 radical (unpaired) electrons. The molecule has 3 amide bonds. The zero-order valence-corrected chi connectivity index (χ0v) is 16.4. The number of hydrogen-bond donors (Lipinski definition) is 2. The minimum absolute atomic E-state index is 0.0765. The lowest BCUT2D eigenvalue weighted by molar-refractivity contribution is -0.143. The molecule has 152 valence electrons. The number of nitrogens with one attached hydrogen (secondary N) is 1. The second-order valence-corrected chi connectivity index (χ2v) is 7.78. The Morgan fingerprint density at radius 1 is 1.04 bits per heavy atom. The minimum atomic E-state index is -0.804. The molecule has 2 N–H and O–H groups in total. The van der Waals surface area contributed by atoms with Crippen molar-refractivity contribution in [3.63, 3.8) is 0 Å². The van der Waals surface area contributed by atoms with Gasteiger partial charge in [-0.15, -0.1) is 0 Å². The number of carbonyl (C=O) groups excluding carboxylic acids is 2. The van der Waals surface area contributed by atoms with Crippen LogP contribution in [0, 0.1) is 5.92 Å². The summed E-state index contributed by atoms with van der Waals surface area (Å²) in [5.74, 6) is -1.27. The molecule has 0 atom stereocenters. The van der Waals surface area contributed by atoms with Crippen molar-refractivity contribution in [1.29, 1.82) is 0 Å². The molecule has 7 nitrogen and oxygen atoms in total. The van der Waals surface area contributed by atoms with Crippen LogP contribution < -0.4 is 5.32 Å². The van der Waals surface area contributed by atoms with Gasteiger partial charge in [0.1, 0.15) is 0 Å². The number of hydrogen-bond acceptors (Lipinski definition) is 3. The first kappa shape index (κ1) is 20.2. The number of nitrogens with zero attached hydrogens (tertiary/aromatic N) is 2. The van der Waals surface area contributed by atoms with Crippen LogP contribution in [0.25, 0.3) is 0 Å². The Bertz CT molecular complexity index is 722. The molecule has 0 spiro atoms. The number of carbonyl (C=O) groups is 3. The quantitative estimate of drug-likeness (QED) is 0.828. The van der Waals surface area contributed by atoms with E-state index < -0.39 is 5.97 Å². The van der Waals surface area contributed by atoms with Crippen molar-refractivity contribution in [3.8, 4) is 0 Å². The SMILES string of the molecule is CN(C(=O)c1ccccc1NC(=O)N1CCC(C(=O)O)CC1)C1CCCCC1. The third-order valence-electron chi connectivity index (χ3n) is 5.97. The lowest BCUT2D eigenvalue weighted by Gasteiger charge is -2.32. The molecule has 7 heteroatoms. The van der Waals surface area contributed by atoms with Crippen molar-refractivity contribution in [2.24, 2.45) is 5.92 Å². The average molecular weight is 387 g/mol. The highest BCUT2D eigenvalue weighted by Crippen LogP contribution is 2.25. The lowest BCUT2D eigenvalue weighted by atomic mass is 9.94. The second-order valence-electron chi connectivity index (χ2n) is 7.78. The number of aliphatic carboxylic acids is 1. The number of carboxylic acids is 1. The summed E-state index contributed by atoms with van der Waals surface area (Å²) in [5.41, 5.74) is 0.991. The van der Waals surface area contributed by atoms with Crippen molar-refractivity contribution >= 4 is 23.6 Å². The first-order valence-corrected chi connectivity index (χ1v) is 10.1. The summed E-state index contributed by atoms with van der Waals surface area (Å²) in [4.78, 5) is 40.2. The van der Waals surface area contributed by atoms with Gasteiger partial charge in [0.15, 0.2) is 0 Å². The summed E-state index contributed by atoms with van der Waals surface area (Å²) in [5, 5.41) is 11.9. The number of anilines is 1. The van der Waals surface area contributed by atoms with Gasteiger partial charge in [-0.3, -0.25) is 9.59 Å². The molecule has 2 fully saturated rings. The molecule has 0 unspecified atom stereocenters. The van der Waals surface area contributed by atoms with E-state index in [2.05, 4.69) is 5.32 Å². The van der Waals surface area contributed by atoms with E-state index >= 15 is 0 Å². The van der Waals surface area contributed by atoms with E-state index in [0.29, 0.717) is 37.2 Å². The number of para-hydroxylation sites is 1. The van der Waals surface area contributed by atoms with Gasteiger partial charge in [0, 0.05) is 26.2 Å². The van der Waals surface area contributed by atoms with Crippen molar-refractivity contribution in [3.05, 3.63) is 29.8 Å². The highest BCUT2D eigenvalue weighted by Gasteiger charge is 2.28. The summed E-state index contributed by atoms with van der Waals surface area (Å²) in [6.45, 7) is 0.807. The van der Waals surface area contributed by atoms with Gasteiger partial charge in [-0.25, -0.2) is 4.79 Å². The van der Waals surface area contributed by atoms with Gasteiger partial charge in [0.05, 0.1) is 17.2 Å². The molecule has 1 aromatic carbocycles. The van der Waals surface area contributed by atoms with E-state index in [-0.39, 0.29) is 23.9 Å². The maximum Gasteiger partial charge on any atom is 0.321 e.